The minimum atomic E-state index is 0.230. The van der Waals surface area contributed by atoms with Gasteiger partial charge in [-0.05, 0) is 42.2 Å². The fraction of sp³-hybridized carbons (Fsp3) is 0.556. The number of hydrogen-bond donors (Lipinski definition) is 1. The topological polar surface area (TPSA) is 51.0 Å². The summed E-state index contributed by atoms with van der Waals surface area (Å²) in [4.78, 5) is 0. The zero-order chi connectivity index (χ0) is 15.2. The van der Waals surface area contributed by atoms with Gasteiger partial charge in [0.05, 0.1) is 6.54 Å². The van der Waals surface area contributed by atoms with E-state index in [1.54, 1.807) is 0 Å². The van der Waals surface area contributed by atoms with E-state index in [0.717, 1.165) is 12.3 Å². The predicted molar refractivity (Wildman–Crippen MR) is 84.4 cm³/mol. The largest absolute Gasteiger partial charge is 0.424 e. The summed E-state index contributed by atoms with van der Waals surface area (Å²) in [5.74, 6) is 2.05. The molecule has 2 aliphatic rings. The molecule has 0 bridgehead atoms. The quantitative estimate of drug-likeness (QED) is 0.933. The monoisotopic (exact) mass is 297 g/mol. The summed E-state index contributed by atoms with van der Waals surface area (Å²) in [6.07, 6.45) is 4.74. The third-order valence-electron chi connectivity index (χ3n) is 5.05. The smallest absolute Gasteiger partial charge is 0.230 e. The average molecular weight is 297 g/mol. The molecule has 1 aromatic heterocycles. The molecule has 22 heavy (non-hydrogen) atoms. The van der Waals surface area contributed by atoms with Crippen LogP contribution in [0, 0.1) is 5.41 Å². The molecule has 1 heterocycles. The standard InChI is InChI=1S/C18H23N3O/c1-18(2)10-9-12-5-3-4-6-14(12)16(18)19-11-15-20-21-17(22-15)13-7-8-13/h3-6,13,16,19H,7-11H2,1-2H3/t16-/m0/s1. The molecule has 1 fully saturated rings. The second-order valence-corrected chi connectivity index (χ2v) is 7.31. The molecule has 1 atom stereocenters. The number of aromatic nitrogens is 2. The van der Waals surface area contributed by atoms with Crippen molar-refractivity contribution in [2.75, 3.05) is 0 Å². The molecule has 0 unspecified atom stereocenters. The van der Waals surface area contributed by atoms with Gasteiger partial charge in [-0.1, -0.05) is 38.1 Å². The first-order valence-electron chi connectivity index (χ1n) is 8.27. The zero-order valence-electron chi connectivity index (χ0n) is 13.3. The Hall–Kier alpha value is -1.68. The summed E-state index contributed by atoms with van der Waals surface area (Å²) in [6.45, 7) is 5.32. The number of hydrogen-bond acceptors (Lipinski definition) is 4. The fourth-order valence-electron chi connectivity index (χ4n) is 3.47. The Morgan fingerprint density at radius 1 is 1.23 bits per heavy atom. The molecule has 0 radical (unpaired) electrons. The Kier molecular flexibility index (Phi) is 3.30. The number of nitrogens with one attached hydrogen (secondary N) is 1. The lowest BCUT2D eigenvalue weighted by molar-refractivity contribution is 0.203. The highest BCUT2D eigenvalue weighted by Crippen LogP contribution is 2.43. The van der Waals surface area contributed by atoms with Crippen LogP contribution in [0.25, 0.3) is 0 Å². The molecule has 1 aromatic carbocycles. The van der Waals surface area contributed by atoms with E-state index in [4.69, 9.17) is 4.42 Å². The molecule has 0 amide bonds. The van der Waals surface area contributed by atoms with Crippen molar-refractivity contribution in [3.8, 4) is 0 Å². The van der Waals surface area contributed by atoms with Gasteiger partial charge >= 0.3 is 0 Å². The van der Waals surface area contributed by atoms with Crippen LogP contribution in [0.5, 0.6) is 0 Å². The van der Waals surface area contributed by atoms with Gasteiger partial charge in [0.1, 0.15) is 0 Å². The van der Waals surface area contributed by atoms with Gasteiger partial charge in [-0.25, -0.2) is 0 Å². The van der Waals surface area contributed by atoms with E-state index in [1.165, 1.54) is 30.4 Å². The summed E-state index contributed by atoms with van der Waals surface area (Å²) < 4.78 is 5.77. The van der Waals surface area contributed by atoms with E-state index in [2.05, 4.69) is 53.6 Å². The van der Waals surface area contributed by atoms with E-state index < -0.39 is 0 Å². The fourth-order valence-corrected chi connectivity index (χ4v) is 3.47. The van der Waals surface area contributed by atoms with Gasteiger partial charge in [0, 0.05) is 12.0 Å². The summed E-state index contributed by atoms with van der Waals surface area (Å²) >= 11 is 0. The maximum absolute atomic E-state index is 5.77. The summed E-state index contributed by atoms with van der Waals surface area (Å²) in [6, 6.07) is 9.09. The summed E-state index contributed by atoms with van der Waals surface area (Å²) in [5.41, 5.74) is 3.11. The molecule has 116 valence electrons. The van der Waals surface area contributed by atoms with Gasteiger partial charge in [0.25, 0.3) is 0 Å². The van der Waals surface area contributed by atoms with Crippen LogP contribution in [0.15, 0.2) is 28.7 Å². The second-order valence-electron chi connectivity index (χ2n) is 7.31. The maximum atomic E-state index is 5.77. The first-order chi connectivity index (χ1) is 10.6. The van der Waals surface area contributed by atoms with Crippen LogP contribution in [0.4, 0.5) is 0 Å². The Bertz CT molecular complexity index is 672. The Morgan fingerprint density at radius 2 is 2.05 bits per heavy atom. The average Bonchev–Trinajstić information content (AvgIpc) is 3.25. The normalized spacial score (nSPS) is 23.3. The first kappa shape index (κ1) is 13.9. The van der Waals surface area contributed by atoms with Crippen molar-refractivity contribution in [3.05, 3.63) is 47.2 Å². The van der Waals surface area contributed by atoms with Crippen molar-refractivity contribution in [1.82, 2.24) is 15.5 Å². The lowest BCUT2D eigenvalue weighted by atomic mass is 9.70. The number of nitrogens with zero attached hydrogens (tertiary/aromatic N) is 2. The molecule has 0 aliphatic heterocycles. The van der Waals surface area contributed by atoms with Crippen molar-refractivity contribution < 1.29 is 4.42 Å². The summed E-state index contributed by atoms with van der Waals surface area (Å²) in [5, 5.41) is 12.0. The van der Waals surface area contributed by atoms with Crippen LogP contribution in [0.2, 0.25) is 0 Å². The SMILES string of the molecule is CC1(C)CCc2ccccc2[C@@H]1NCc1nnc(C2CC2)o1. The van der Waals surface area contributed by atoms with Gasteiger partial charge in [0.15, 0.2) is 0 Å². The molecule has 1 saturated carbocycles. The van der Waals surface area contributed by atoms with E-state index in [-0.39, 0.29) is 5.41 Å². The molecule has 4 rings (SSSR count). The van der Waals surface area contributed by atoms with E-state index >= 15 is 0 Å². The number of rotatable bonds is 4. The van der Waals surface area contributed by atoms with Gasteiger partial charge in [-0.15, -0.1) is 10.2 Å². The first-order valence-corrected chi connectivity index (χ1v) is 8.27. The van der Waals surface area contributed by atoms with Crippen molar-refractivity contribution in [3.63, 3.8) is 0 Å². The Labute approximate surface area is 131 Å². The molecular weight excluding hydrogens is 274 g/mol. The highest BCUT2D eigenvalue weighted by atomic mass is 16.4. The van der Waals surface area contributed by atoms with Gasteiger partial charge < -0.3 is 9.73 Å². The number of aryl methyl sites for hydroxylation is 1. The van der Waals surface area contributed by atoms with Crippen LogP contribution in [0.3, 0.4) is 0 Å². The highest BCUT2D eigenvalue weighted by Gasteiger charge is 2.35. The second kappa shape index (κ2) is 5.20. The van der Waals surface area contributed by atoms with Crippen LogP contribution < -0.4 is 5.32 Å². The van der Waals surface area contributed by atoms with Crippen molar-refractivity contribution >= 4 is 0 Å². The molecular formula is C18H23N3O. The lowest BCUT2D eigenvalue weighted by Crippen LogP contribution is -2.37. The van der Waals surface area contributed by atoms with E-state index in [9.17, 15) is 0 Å². The van der Waals surface area contributed by atoms with Crippen LogP contribution in [0.1, 0.15) is 68.0 Å². The zero-order valence-corrected chi connectivity index (χ0v) is 13.3. The van der Waals surface area contributed by atoms with Crippen molar-refractivity contribution in [2.45, 2.75) is 58.0 Å². The lowest BCUT2D eigenvalue weighted by Gasteiger charge is -2.40. The molecule has 2 aromatic rings. The highest BCUT2D eigenvalue weighted by molar-refractivity contribution is 5.34. The molecule has 4 nitrogen and oxygen atoms in total. The van der Waals surface area contributed by atoms with Gasteiger partial charge in [0.2, 0.25) is 11.8 Å². The summed E-state index contributed by atoms with van der Waals surface area (Å²) in [7, 11) is 0. The van der Waals surface area contributed by atoms with Crippen LogP contribution >= 0.6 is 0 Å². The molecule has 0 spiro atoms. The molecule has 0 saturated heterocycles. The Balaban J connectivity index is 1.52. The maximum Gasteiger partial charge on any atom is 0.230 e. The van der Waals surface area contributed by atoms with E-state index in [0.29, 0.717) is 24.4 Å². The van der Waals surface area contributed by atoms with Gasteiger partial charge in [-0.3, -0.25) is 0 Å². The van der Waals surface area contributed by atoms with Crippen LogP contribution in [-0.4, -0.2) is 10.2 Å². The minimum Gasteiger partial charge on any atom is -0.424 e. The number of fused-ring (bicyclic) bond motifs is 1. The third-order valence-corrected chi connectivity index (χ3v) is 5.05. The van der Waals surface area contributed by atoms with Gasteiger partial charge in [-0.2, -0.15) is 0 Å². The Morgan fingerprint density at radius 3 is 2.86 bits per heavy atom. The molecule has 4 heteroatoms. The number of benzene rings is 1. The minimum absolute atomic E-state index is 0.230. The van der Waals surface area contributed by atoms with Crippen molar-refractivity contribution in [2.24, 2.45) is 5.41 Å². The third kappa shape index (κ3) is 2.56. The molecule has 2 aliphatic carbocycles. The molecule has 1 N–H and O–H groups in total. The van der Waals surface area contributed by atoms with Crippen molar-refractivity contribution in [1.29, 1.82) is 0 Å². The predicted octanol–water partition coefficient (Wildman–Crippen LogP) is 3.75. The van der Waals surface area contributed by atoms with E-state index in [1.807, 2.05) is 0 Å². The van der Waals surface area contributed by atoms with Crippen LogP contribution in [-0.2, 0) is 13.0 Å².